The lowest BCUT2D eigenvalue weighted by Gasteiger charge is -2.17. The van der Waals surface area contributed by atoms with Crippen molar-refractivity contribution in [1.29, 1.82) is 0 Å². The van der Waals surface area contributed by atoms with E-state index < -0.39 is 6.10 Å². The minimum absolute atomic E-state index is 0.123. The van der Waals surface area contributed by atoms with Crippen LogP contribution < -0.4 is 4.90 Å². The Morgan fingerprint density at radius 1 is 1.59 bits per heavy atom. The van der Waals surface area contributed by atoms with Crippen LogP contribution in [0.3, 0.4) is 0 Å². The highest BCUT2D eigenvalue weighted by atomic mass is 16.3. The first-order valence-corrected chi connectivity index (χ1v) is 5.82. The van der Waals surface area contributed by atoms with Crippen LogP contribution in [0.15, 0.2) is 36.9 Å². The number of hydrogen-bond acceptors (Lipinski definition) is 2. The number of aliphatic hydroxyl groups excluding tert-OH is 1. The van der Waals surface area contributed by atoms with Gasteiger partial charge in [0, 0.05) is 24.6 Å². The molecule has 1 aromatic carbocycles. The fourth-order valence-electron chi connectivity index (χ4n) is 2.10. The lowest BCUT2D eigenvalue weighted by Crippen LogP contribution is -2.24. The Balaban J connectivity index is 2.25. The number of nitrogens with zero attached hydrogens (tertiary/aromatic N) is 1. The molecule has 0 aliphatic carbocycles. The second-order valence-electron chi connectivity index (χ2n) is 4.48. The van der Waals surface area contributed by atoms with Crippen molar-refractivity contribution >= 4 is 11.6 Å². The standard InChI is InChI=1S/C14H17NO2/c1-3-11-7-14(17)15(9-11)13-6-4-5-12(8-13)10(2)16/h3-6,8,10-11,16H,1,7,9H2,2H3. The third-order valence-electron chi connectivity index (χ3n) is 3.15. The summed E-state index contributed by atoms with van der Waals surface area (Å²) >= 11 is 0. The van der Waals surface area contributed by atoms with Gasteiger partial charge in [-0.25, -0.2) is 0 Å². The minimum atomic E-state index is -0.511. The maximum Gasteiger partial charge on any atom is 0.227 e. The Bertz CT molecular complexity index is 440. The molecular weight excluding hydrogens is 214 g/mol. The van der Waals surface area contributed by atoms with Crippen molar-refractivity contribution in [3.8, 4) is 0 Å². The number of anilines is 1. The summed E-state index contributed by atoms with van der Waals surface area (Å²) in [6.45, 7) is 6.14. The molecule has 1 N–H and O–H groups in total. The number of carbonyl (C=O) groups excluding carboxylic acids is 1. The van der Waals surface area contributed by atoms with Crippen LogP contribution in [-0.4, -0.2) is 17.6 Å². The highest BCUT2D eigenvalue weighted by Crippen LogP contribution is 2.27. The number of carbonyl (C=O) groups is 1. The van der Waals surface area contributed by atoms with Gasteiger partial charge in [-0.2, -0.15) is 0 Å². The Kier molecular flexibility index (Phi) is 3.29. The molecule has 2 unspecified atom stereocenters. The molecule has 90 valence electrons. The first kappa shape index (κ1) is 11.9. The van der Waals surface area contributed by atoms with Crippen molar-refractivity contribution in [3.05, 3.63) is 42.5 Å². The fourth-order valence-corrected chi connectivity index (χ4v) is 2.10. The lowest BCUT2D eigenvalue weighted by molar-refractivity contribution is -0.117. The highest BCUT2D eigenvalue weighted by molar-refractivity contribution is 5.96. The molecule has 2 atom stereocenters. The first-order valence-electron chi connectivity index (χ1n) is 5.82. The molecule has 1 aromatic rings. The van der Waals surface area contributed by atoms with Crippen molar-refractivity contribution in [1.82, 2.24) is 0 Å². The van der Waals surface area contributed by atoms with Gasteiger partial charge >= 0.3 is 0 Å². The van der Waals surface area contributed by atoms with Crippen LogP contribution in [-0.2, 0) is 4.79 Å². The quantitative estimate of drug-likeness (QED) is 0.811. The van der Waals surface area contributed by atoms with Crippen molar-refractivity contribution in [3.63, 3.8) is 0 Å². The van der Waals surface area contributed by atoms with E-state index in [4.69, 9.17) is 0 Å². The molecule has 1 amide bonds. The zero-order valence-corrected chi connectivity index (χ0v) is 9.97. The average molecular weight is 231 g/mol. The van der Waals surface area contributed by atoms with Gasteiger partial charge in [-0.3, -0.25) is 4.79 Å². The van der Waals surface area contributed by atoms with E-state index in [-0.39, 0.29) is 11.8 Å². The van der Waals surface area contributed by atoms with Crippen LogP contribution in [0.1, 0.15) is 25.0 Å². The molecule has 1 saturated heterocycles. The monoisotopic (exact) mass is 231 g/mol. The molecule has 1 aliphatic heterocycles. The molecule has 0 radical (unpaired) electrons. The van der Waals surface area contributed by atoms with E-state index >= 15 is 0 Å². The molecule has 0 aromatic heterocycles. The summed E-state index contributed by atoms with van der Waals surface area (Å²) in [4.78, 5) is 13.6. The molecule has 1 heterocycles. The SMILES string of the molecule is C=CC1CC(=O)N(c2cccc(C(C)O)c2)C1. The van der Waals surface area contributed by atoms with Gasteiger partial charge in [-0.15, -0.1) is 6.58 Å². The van der Waals surface area contributed by atoms with Crippen molar-refractivity contribution in [2.24, 2.45) is 5.92 Å². The number of benzene rings is 1. The summed E-state index contributed by atoms with van der Waals surface area (Å²) in [5.74, 6) is 0.357. The number of amides is 1. The molecule has 2 rings (SSSR count). The van der Waals surface area contributed by atoms with Gasteiger partial charge in [0.2, 0.25) is 5.91 Å². The van der Waals surface area contributed by atoms with Crippen LogP contribution in [0.2, 0.25) is 0 Å². The first-order chi connectivity index (χ1) is 8.11. The van der Waals surface area contributed by atoms with E-state index in [1.54, 1.807) is 11.8 Å². The Hall–Kier alpha value is -1.61. The molecule has 17 heavy (non-hydrogen) atoms. The summed E-state index contributed by atoms with van der Waals surface area (Å²) in [7, 11) is 0. The maximum absolute atomic E-state index is 11.8. The largest absolute Gasteiger partial charge is 0.389 e. The normalized spacial score (nSPS) is 21.6. The average Bonchev–Trinajstić information content (AvgIpc) is 2.71. The van der Waals surface area contributed by atoms with Crippen molar-refractivity contribution in [2.45, 2.75) is 19.4 Å². The van der Waals surface area contributed by atoms with E-state index in [2.05, 4.69) is 6.58 Å². The van der Waals surface area contributed by atoms with Crippen LogP contribution in [0.5, 0.6) is 0 Å². The Labute approximate surface area is 101 Å². The predicted molar refractivity (Wildman–Crippen MR) is 67.7 cm³/mol. The van der Waals surface area contributed by atoms with E-state index in [1.807, 2.05) is 30.3 Å². The zero-order chi connectivity index (χ0) is 12.4. The van der Waals surface area contributed by atoms with Gasteiger partial charge in [0.15, 0.2) is 0 Å². The summed E-state index contributed by atoms with van der Waals surface area (Å²) in [6.07, 6.45) is 1.85. The third kappa shape index (κ3) is 2.39. The summed E-state index contributed by atoms with van der Waals surface area (Å²) < 4.78 is 0. The number of rotatable bonds is 3. The van der Waals surface area contributed by atoms with E-state index in [1.165, 1.54) is 0 Å². The van der Waals surface area contributed by atoms with E-state index in [9.17, 15) is 9.90 Å². The Morgan fingerprint density at radius 2 is 2.35 bits per heavy atom. The van der Waals surface area contributed by atoms with Crippen molar-refractivity contribution in [2.75, 3.05) is 11.4 Å². The minimum Gasteiger partial charge on any atom is -0.389 e. The molecule has 1 fully saturated rings. The van der Waals surface area contributed by atoms with Gasteiger partial charge in [0.1, 0.15) is 0 Å². The zero-order valence-electron chi connectivity index (χ0n) is 9.97. The smallest absolute Gasteiger partial charge is 0.227 e. The van der Waals surface area contributed by atoms with Crippen LogP contribution in [0, 0.1) is 5.92 Å². The summed E-state index contributed by atoms with van der Waals surface area (Å²) in [5, 5.41) is 9.54. The molecule has 1 aliphatic rings. The number of aliphatic hydroxyl groups is 1. The Morgan fingerprint density at radius 3 is 2.94 bits per heavy atom. The molecular formula is C14H17NO2. The van der Waals surface area contributed by atoms with E-state index in [0.29, 0.717) is 13.0 Å². The topological polar surface area (TPSA) is 40.5 Å². The van der Waals surface area contributed by atoms with Crippen LogP contribution in [0.25, 0.3) is 0 Å². The van der Waals surface area contributed by atoms with Gasteiger partial charge in [0.05, 0.1) is 6.10 Å². The molecule has 3 heteroatoms. The molecule has 0 saturated carbocycles. The lowest BCUT2D eigenvalue weighted by atomic mass is 10.1. The van der Waals surface area contributed by atoms with Gasteiger partial charge in [-0.1, -0.05) is 18.2 Å². The highest BCUT2D eigenvalue weighted by Gasteiger charge is 2.28. The molecule has 0 bridgehead atoms. The summed E-state index contributed by atoms with van der Waals surface area (Å²) in [5.41, 5.74) is 1.69. The van der Waals surface area contributed by atoms with Crippen LogP contribution >= 0.6 is 0 Å². The van der Waals surface area contributed by atoms with Crippen LogP contribution in [0.4, 0.5) is 5.69 Å². The second-order valence-corrected chi connectivity index (χ2v) is 4.48. The maximum atomic E-state index is 11.8. The predicted octanol–water partition coefficient (Wildman–Crippen LogP) is 2.28. The fraction of sp³-hybridized carbons (Fsp3) is 0.357. The van der Waals surface area contributed by atoms with Gasteiger partial charge < -0.3 is 10.0 Å². The third-order valence-corrected chi connectivity index (χ3v) is 3.15. The van der Waals surface area contributed by atoms with E-state index in [0.717, 1.165) is 11.3 Å². The molecule has 3 nitrogen and oxygen atoms in total. The molecule has 0 spiro atoms. The van der Waals surface area contributed by atoms with Gasteiger partial charge in [0.25, 0.3) is 0 Å². The second kappa shape index (κ2) is 4.72. The van der Waals surface area contributed by atoms with Crippen molar-refractivity contribution < 1.29 is 9.90 Å². The van der Waals surface area contributed by atoms with Gasteiger partial charge in [-0.05, 0) is 24.6 Å². The number of hydrogen-bond donors (Lipinski definition) is 1. The summed E-state index contributed by atoms with van der Waals surface area (Å²) in [6, 6.07) is 7.49.